The number of fused-ring (bicyclic) bond motifs is 1. The van der Waals surface area contributed by atoms with Crippen molar-refractivity contribution in [2.24, 2.45) is 0 Å². The molecule has 7 nitrogen and oxygen atoms in total. The molecule has 0 aliphatic rings. The minimum atomic E-state index is -3.70. The molecule has 2 aromatic heterocycles. The normalized spacial score (nSPS) is 11.3. The molecule has 3 rings (SSSR count). The fraction of sp³-hybridized carbons (Fsp3) is 0.0667. The number of carbonyl (C=O) groups is 1. The van der Waals surface area contributed by atoms with Crippen molar-refractivity contribution in [1.29, 1.82) is 0 Å². The lowest BCUT2D eigenvalue weighted by atomic mass is 10.3. The zero-order valence-corrected chi connectivity index (χ0v) is 13.0. The Hall–Kier alpha value is -2.87. The molecule has 0 bridgehead atoms. The summed E-state index contributed by atoms with van der Waals surface area (Å²) in [5.41, 5.74) is 1.77. The van der Waals surface area contributed by atoms with Gasteiger partial charge in [-0.2, -0.15) is 5.10 Å². The summed E-state index contributed by atoms with van der Waals surface area (Å²) in [6.45, 7) is 1.39. The molecular weight excluding hydrogens is 316 g/mol. The van der Waals surface area contributed by atoms with Gasteiger partial charge in [0.25, 0.3) is 10.0 Å². The van der Waals surface area contributed by atoms with Crippen molar-refractivity contribution in [1.82, 2.24) is 9.61 Å². The topological polar surface area (TPSA) is 92.6 Å². The van der Waals surface area contributed by atoms with Crippen molar-refractivity contribution in [3.05, 3.63) is 54.9 Å². The van der Waals surface area contributed by atoms with E-state index in [1.165, 1.54) is 31.2 Å². The van der Waals surface area contributed by atoms with Gasteiger partial charge in [0, 0.05) is 25.0 Å². The van der Waals surface area contributed by atoms with E-state index in [2.05, 4.69) is 15.1 Å². The number of pyridine rings is 1. The molecule has 0 aliphatic carbocycles. The molecule has 0 fully saturated rings. The van der Waals surface area contributed by atoms with Crippen molar-refractivity contribution < 1.29 is 13.2 Å². The SMILES string of the molecule is CC(=O)Nc1ccc(S(=O)(=O)Nc2ccn3nccc3c2)cc1. The Kier molecular flexibility index (Phi) is 3.75. The fourth-order valence-corrected chi connectivity index (χ4v) is 3.17. The number of hydrogen-bond donors (Lipinski definition) is 2. The number of sulfonamides is 1. The van der Waals surface area contributed by atoms with Crippen LogP contribution in [0.5, 0.6) is 0 Å². The van der Waals surface area contributed by atoms with Gasteiger partial charge in [-0.15, -0.1) is 0 Å². The van der Waals surface area contributed by atoms with E-state index in [0.717, 1.165) is 5.52 Å². The Balaban J connectivity index is 1.84. The third-order valence-electron chi connectivity index (χ3n) is 3.14. The van der Waals surface area contributed by atoms with Crippen LogP contribution in [-0.4, -0.2) is 23.9 Å². The number of amides is 1. The third-order valence-corrected chi connectivity index (χ3v) is 4.53. The van der Waals surface area contributed by atoms with Crippen LogP contribution in [0.25, 0.3) is 5.52 Å². The van der Waals surface area contributed by atoms with E-state index in [0.29, 0.717) is 11.4 Å². The van der Waals surface area contributed by atoms with E-state index >= 15 is 0 Å². The fourth-order valence-electron chi connectivity index (χ4n) is 2.12. The predicted molar refractivity (Wildman–Crippen MR) is 86.7 cm³/mol. The van der Waals surface area contributed by atoms with E-state index in [9.17, 15) is 13.2 Å². The Morgan fingerprint density at radius 3 is 2.52 bits per heavy atom. The van der Waals surface area contributed by atoms with Crippen LogP contribution in [-0.2, 0) is 14.8 Å². The first kappa shape index (κ1) is 15.0. The monoisotopic (exact) mass is 330 g/mol. The van der Waals surface area contributed by atoms with Gasteiger partial charge < -0.3 is 5.32 Å². The first-order valence-electron chi connectivity index (χ1n) is 6.78. The summed E-state index contributed by atoms with van der Waals surface area (Å²) in [6.07, 6.45) is 3.31. The minimum absolute atomic E-state index is 0.111. The summed E-state index contributed by atoms with van der Waals surface area (Å²) >= 11 is 0. The molecule has 0 unspecified atom stereocenters. The van der Waals surface area contributed by atoms with E-state index in [1.807, 2.05) is 0 Å². The largest absolute Gasteiger partial charge is 0.326 e. The molecule has 0 saturated heterocycles. The molecular formula is C15H14N4O3S. The van der Waals surface area contributed by atoms with E-state index in [1.54, 1.807) is 35.1 Å². The van der Waals surface area contributed by atoms with Crippen molar-refractivity contribution in [2.45, 2.75) is 11.8 Å². The van der Waals surface area contributed by atoms with Gasteiger partial charge >= 0.3 is 0 Å². The molecule has 0 spiro atoms. The van der Waals surface area contributed by atoms with Crippen LogP contribution in [0.2, 0.25) is 0 Å². The van der Waals surface area contributed by atoms with Gasteiger partial charge in [-0.25, -0.2) is 12.9 Å². The lowest BCUT2D eigenvalue weighted by Gasteiger charge is -2.09. The molecule has 0 atom stereocenters. The Morgan fingerprint density at radius 1 is 1.09 bits per heavy atom. The van der Waals surface area contributed by atoms with E-state index < -0.39 is 10.0 Å². The van der Waals surface area contributed by atoms with Gasteiger partial charge in [0.05, 0.1) is 16.1 Å². The Morgan fingerprint density at radius 2 is 1.83 bits per heavy atom. The second kappa shape index (κ2) is 5.73. The highest BCUT2D eigenvalue weighted by Gasteiger charge is 2.14. The number of hydrogen-bond acceptors (Lipinski definition) is 4. The van der Waals surface area contributed by atoms with Gasteiger partial charge in [0.2, 0.25) is 5.91 Å². The summed E-state index contributed by atoms with van der Waals surface area (Å²) in [6, 6.07) is 11.0. The van der Waals surface area contributed by atoms with Crippen LogP contribution in [0, 0.1) is 0 Å². The number of benzene rings is 1. The van der Waals surface area contributed by atoms with Crippen LogP contribution in [0.15, 0.2) is 59.8 Å². The van der Waals surface area contributed by atoms with Gasteiger partial charge in [-0.1, -0.05) is 0 Å². The average molecular weight is 330 g/mol. The van der Waals surface area contributed by atoms with Crippen LogP contribution < -0.4 is 10.0 Å². The van der Waals surface area contributed by atoms with Crippen LogP contribution in [0.1, 0.15) is 6.92 Å². The van der Waals surface area contributed by atoms with E-state index in [-0.39, 0.29) is 10.8 Å². The number of carbonyl (C=O) groups excluding carboxylic acids is 1. The number of rotatable bonds is 4. The lowest BCUT2D eigenvalue weighted by molar-refractivity contribution is -0.114. The summed E-state index contributed by atoms with van der Waals surface area (Å²) in [5.74, 6) is -0.215. The van der Waals surface area contributed by atoms with Gasteiger partial charge in [0.1, 0.15) is 0 Å². The standard InChI is InChI=1S/C15H14N4O3S/c1-11(20)17-12-2-4-15(5-3-12)23(21,22)18-13-7-9-19-14(10-13)6-8-16-19/h2-10,18H,1H3,(H,17,20). The second-order valence-corrected chi connectivity index (χ2v) is 6.61. The average Bonchev–Trinajstić information content (AvgIpc) is 2.94. The first-order valence-corrected chi connectivity index (χ1v) is 8.26. The zero-order valence-electron chi connectivity index (χ0n) is 12.2. The maximum absolute atomic E-state index is 12.4. The maximum atomic E-state index is 12.4. The van der Waals surface area contributed by atoms with Crippen molar-refractivity contribution in [3.8, 4) is 0 Å². The highest BCUT2D eigenvalue weighted by Crippen LogP contribution is 2.19. The van der Waals surface area contributed by atoms with Crippen LogP contribution in [0.3, 0.4) is 0 Å². The Bertz CT molecular complexity index is 962. The molecule has 0 radical (unpaired) electrons. The molecule has 118 valence electrons. The molecule has 8 heteroatoms. The van der Waals surface area contributed by atoms with Crippen molar-refractivity contribution in [2.75, 3.05) is 10.0 Å². The van der Waals surface area contributed by atoms with Crippen LogP contribution in [0.4, 0.5) is 11.4 Å². The highest BCUT2D eigenvalue weighted by atomic mass is 32.2. The third kappa shape index (κ3) is 3.32. The molecule has 1 aromatic carbocycles. The number of anilines is 2. The second-order valence-electron chi connectivity index (χ2n) is 4.93. The maximum Gasteiger partial charge on any atom is 0.261 e. The zero-order chi connectivity index (χ0) is 16.4. The van der Waals surface area contributed by atoms with Crippen LogP contribution >= 0.6 is 0 Å². The summed E-state index contributed by atoms with van der Waals surface area (Å²) < 4.78 is 28.9. The number of nitrogens with zero attached hydrogens (tertiary/aromatic N) is 2. The molecule has 1 amide bonds. The van der Waals surface area contributed by atoms with Gasteiger partial charge in [0.15, 0.2) is 0 Å². The molecule has 2 N–H and O–H groups in total. The smallest absolute Gasteiger partial charge is 0.261 e. The van der Waals surface area contributed by atoms with E-state index in [4.69, 9.17) is 0 Å². The summed E-state index contributed by atoms with van der Waals surface area (Å²) in [5, 5.41) is 6.64. The van der Waals surface area contributed by atoms with Crippen molar-refractivity contribution in [3.63, 3.8) is 0 Å². The molecule has 23 heavy (non-hydrogen) atoms. The van der Waals surface area contributed by atoms with Gasteiger partial charge in [-0.05, 0) is 42.5 Å². The Labute approximate surface area is 133 Å². The molecule has 2 heterocycles. The number of aromatic nitrogens is 2. The number of nitrogens with one attached hydrogen (secondary N) is 2. The predicted octanol–water partition coefficient (Wildman–Crippen LogP) is 2.09. The summed E-state index contributed by atoms with van der Waals surface area (Å²) in [4.78, 5) is 11.1. The molecule has 0 aliphatic heterocycles. The quantitative estimate of drug-likeness (QED) is 0.766. The minimum Gasteiger partial charge on any atom is -0.326 e. The van der Waals surface area contributed by atoms with Gasteiger partial charge in [-0.3, -0.25) is 9.52 Å². The summed E-state index contributed by atoms with van der Waals surface area (Å²) in [7, 11) is -3.70. The lowest BCUT2D eigenvalue weighted by Crippen LogP contribution is -2.13. The van der Waals surface area contributed by atoms with Crippen molar-refractivity contribution >= 4 is 32.8 Å². The molecule has 3 aromatic rings. The highest BCUT2D eigenvalue weighted by molar-refractivity contribution is 7.92. The first-order chi connectivity index (χ1) is 10.9. The molecule has 0 saturated carbocycles.